The van der Waals surface area contributed by atoms with Crippen molar-refractivity contribution in [1.82, 2.24) is 14.9 Å². The molecular formula is C19H22F3N5O. The molecule has 9 heteroatoms. The SMILES string of the molecule is Cc1cc(N(C)C2CCN(C(=O)Nc3ccc(C(F)(F)F)cc3)CC2)ncn1. The predicted molar refractivity (Wildman–Crippen MR) is 100 cm³/mol. The number of carbonyl (C=O) groups excluding carboxylic acids is 1. The number of likely N-dealkylation sites (tertiary alicyclic amines) is 1. The molecule has 2 heterocycles. The van der Waals surface area contributed by atoms with Crippen LogP contribution >= 0.6 is 0 Å². The van der Waals surface area contributed by atoms with Crippen LogP contribution in [0.3, 0.4) is 0 Å². The van der Waals surface area contributed by atoms with Gasteiger partial charge in [-0.3, -0.25) is 0 Å². The molecule has 1 saturated heterocycles. The zero-order valence-corrected chi connectivity index (χ0v) is 15.7. The number of rotatable bonds is 3. The molecule has 2 amide bonds. The van der Waals surface area contributed by atoms with Crippen molar-refractivity contribution in [1.29, 1.82) is 0 Å². The standard InChI is InChI=1S/C19H22F3N5O/c1-13-11-17(24-12-23-13)26(2)16-7-9-27(10-8-16)18(28)25-15-5-3-14(4-6-15)19(20,21)22/h3-6,11-12,16H,7-10H2,1-2H3,(H,25,28). The Bertz CT molecular complexity index is 817. The van der Waals surface area contributed by atoms with E-state index in [1.165, 1.54) is 18.5 Å². The average Bonchev–Trinajstić information content (AvgIpc) is 2.67. The zero-order chi connectivity index (χ0) is 20.3. The Morgan fingerprint density at radius 2 is 1.82 bits per heavy atom. The molecule has 1 aromatic carbocycles. The van der Waals surface area contributed by atoms with Gasteiger partial charge in [-0.25, -0.2) is 14.8 Å². The molecule has 1 aliphatic heterocycles. The van der Waals surface area contributed by atoms with Crippen molar-refractivity contribution in [2.75, 3.05) is 30.4 Å². The van der Waals surface area contributed by atoms with E-state index in [9.17, 15) is 18.0 Å². The molecule has 0 unspecified atom stereocenters. The lowest BCUT2D eigenvalue weighted by molar-refractivity contribution is -0.137. The fraction of sp³-hybridized carbons (Fsp3) is 0.421. The summed E-state index contributed by atoms with van der Waals surface area (Å²) in [5.41, 5.74) is 0.494. The highest BCUT2D eigenvalue weighted by atomic mass is 19.4. The fourth-order valence-electron chi connectivity index (χ4n) is 3.22. The van der Waals surface area contributed by atoms with E-state index in [4.69, 9.17) is 0 Å². The summed E-state index contributed by atoms with van der Waals surface area (Å²) in [6.07, 6.45) is -1.30. The molecule has 150 valence electrons. The summed E-state index contributed by atoms with van der Waals surface area (Å²) in [4.78, 5) is 24.6. The Morgan fingerprint density at radius 3 is 2.39 bits per heavy atom. The highest BCUT2D eigenvalue weighted by molar-refractivity contribution is 5.89. The maximum absolute atomic E-state index is 12.6. The van der Waals surface area contributed by atoms with E-state index in [2.05, 4.69) is 20.2 Å². The van der Waals surface area contributed by atoms with Crippen molar-refractivity contribution in [2.45, 2.75) is 32.0 Å². The summed E-state index contributed by atoms with van der Waals surface area (Å²) < 4.78 is 37.8. The van der Waals surface area contributed by atoms with Crippen LogP contribution in [0.1, 0.15) is 24.1 Å². The lowest BCUT2D eigenvalue weighted by Gasteiger charge is -2.37. The van der Waals surface area contributed by atoms with Crippen LogP contribution in [-0.2, 0) is 6.18 Å². The minimum atomic E-state index is -4.39. The molecule has 3 rings (SSSR count). The number of benzene rings is 1. The van der Waals surface area contributed by atoms with Crippen LogP contribution in [0, 0.1) is 6.92 Å². The molecule has 0 aliphatic carbocycles. The Morgan fingerprint density at radius 1 is 1.18 bits per heavy atom. The number of hydrogen-bond donors (Lipinski definition) is 1. The zero-order valence-electron chi connectivity index (χ0n) is 15.7. The summed E-state index contributed by atoms with van der Waals surface area (Å²) >= 11 is 0. The molecule has 0 radical (unpaired) electrons. The van der Waals surface area contributed by atoms with Crippen LogP contribution in [0.5, 0.6) is 0 Å². The molecule has 0 saturated carbocycles. The number of halogens is 3. The molecule has 2 aromatic rings. The Kier molecular flexibility index (Phi) is 5.71. The van der Waals surface area contributed by atoms with E-state index in [0.29, 0.717) is 18.8 Å². The number of hydrogen-bond acceptors (Lipinski definition) is 4. The summed E-state index contributed by atoms with van der Waals surface area (Å²) in [7, 11) is 1.98. The van der Waals surface area contributed by atoms with Gasteiger partial charge >= 0.3 is 12.2 Å². The summed E-state index contributed by atoms with van der Waals surface area (Å²) in [5, 5.41) is 2.66. The minimum absolute atomic E-state index is 0.254. The number of nitrogens with one attached hydrogen (secondary N) is 1. The first-order valence-corrected chi connectivity index (χ1v) is 8.98. The molecular weight excluding hydrogens is 371 g/mol. The molecule has 1 aliphatic rings. The summed E-state index contributed by atoms with van der Waals surface area (Å²) in [6.45, 7) is 3.03. The number of urea groups is 1. The number of alkyl halides is 3. The smallest absolute Gasteiger partial charge is 0.356 e. The number of amides is 2. The van der Waals surface area contributed by atoms with Crippen molar-refractivity contribution in [3.05, 3.63) is 47.9 Å². The third kappa shape index (κ3) is 4.71. The lowest BCUT2D eigenvalue weighted by Crippen LogP contribution is -2.47. The van der Waals surface area contributed by atoms with Crippen LogP contribution in [0.25, 0.3) is 0 Å². The van der Waals surface area contributed by atoms with E-state index in [-0.39, 0.29) is 12.1 Å². The van der Waals surface area contributed by atoms with E-state index in [1.807, 2.05) is 20.0 Å². The van der Waals surface area contributed by atoms with Gasteiger partial charge in [-0.15, -0.1) is 0 Å². The monoisotopic (exact) mass is 393 g/mol. The normalized spacial score (nSPS) is 15.4. The molecule has 1 fully saturated rings. The quantitative estimate of drug-likeness (QED) is 0.858. The highest BCUT2D eigenvalue weighted by Crippen LogP contribution is 2.30. The molecule has 28 heavy (non-hydrogen) atoms. The second-order valence-electron chi connectivity index (χ2n) is 6.85. The highest BCUT2D eigenvalue weighted by Gasteiger charge is 2.30. The largest absolute Gasteiger partial charge is 0.416 e. The molecule has 0 atom stereocenters. The van der Waals surface area contributed by atoms with Crippen LogP contribution in [0.2, 0.25) is 0 Å². The number of nitrogens with zero attached hydrogens (tertiary/aromatic N) is 4. The van der Waals surface area contributed by atoms with Crippen LogP contribution in [-0.4, -0.2) is 47.1 Å². The second-order valence-corrected chi connectivity index (χ2v) is 6.85. The van der Waals surface area contributed by atoms with Gasteiger partial charge < -0.3 is 15.1 Å². The Balaban J connectivity index is 1.53. The Labute approximate surface area is 161 Å². The number of aryl methyl sites for hydroxylation is 1. The van der Waals surface area contributed by atoms with Crippen molar-refractivity contribution in [3.8, 4) is 0 Å². The maximum atomic E-state index is 12.6. The summed E-state index contributed by atoms with van der Waals surface area (Å²) in [6, 6.07) is 6.31. The third-order valence-electron chi connectivity index (χ3n) is 4.91. The van der Waals surface area contributed by atoms with Crippen LogP contribution < -0.4 is 10.2 Å². The molecule has 1 aromatic heterocycles. The van der Waals surface area contributed by atoms with Gasteiger partial charge in [0.15, 0.2) is 0 Å². The molecule has 0 spiro atoms. The van der Waals surface area contributed by atoms with Gasteiger partial charge in [0.05, 0.1) is 5.56 Å². The average molecular weight is 393 g/mol. The predicted octanol–water partition coefficient (Wildman–Crippen LogP) is 3.94. The van der Waals surface area contributed by atoms with Gasteiger partial charge in [0, 0.05) is 43.6 Å². The van der Waals surface area contributed by atoms with Gasteiger partial charge in [-0.2, -0.15) is 13.2 Å². The van der Waals surface area contributed by atoms with Gasteiger partial charge in [0.25, 0.3) is 0 Å². The van der Waals surface area contributed by atoms with Gasteiger partial charge in [-0.1, -0.05) is 0 Å². The van der Waals surface area contributed by atoms with Gasteiger partial charge in [0.1, 0.15) is 12.1 Å². The number of aromatic nitrogens is 2. The van der Waals surface area contributed by atoms with Crippen LogP contribution in [0.4, 0.5) is 29.5 Å². The van der Waals surface area contributed by atoms with Gasteiger partial charge in [-0.05, 0) is 44.0 Å². The first-order valence-electron chi connectivity index (χ1n) is 8.98. The van der Waals surface area contributed by atoms with Gasteiger partial charge in [0.2, 0.25) is 0 Å². The van der Waals surface area contributed by atoms with E-state index in [1.54, 1.807) is 4.90 Å². The molecule has 0 bridgehead atoms. The summed E-state index contributed by atoms with van der Waals surface area (Å²) in [5.74, 6) is 0.847. The van der Waals surface area contributed by atoms with E-state index >= 15 is 0 Å². The molecule has 1 N–H and O–H groups in total. The molecule has 6 nitrogen and oxygen atoms in total. The number of carbonyl (C=O) groups is 1. The Hall–Kier alpha value is -2.84. The first-order chi connectivity index (χ1) is 13.2. The number of piperidine rings is 1. The third-order valence-corrected chi connectivity index (χ3v) is 4.91. The topological polar surface area (TPSA) is 61.4 Å². The van der Waals surface area contributed by atoms with E-state index < -0.39 is 11.7 Å². The first kappa shape index (κ1) is 19.9. The maximum Gasteiger partial charge on any atom is 0.416 e. The lowest BCUT2D eigenvalue weighted by atomic mass is 10.0. The van der Waals surface area contributed by atoms with Crippen molar-refractivity contribution < 1.29 is 18.0 Å². The van der Waals surface area contributed by atoms with E-state index in [0.717, 1.165) is 36.5 Å². The fourth-order valence-corrected chi connectivity index (χ4v) is 3.22. The van der Waals surface area contributed by atoms with Crippen LogP contribution in [0.15, 0.2) is 36.7 Å². The van der Waals surface area contributed by atoms with Crippen molar-refractivity contribution in [2.24, 2.45) is 0 Å². The van der Waals surface area contributed by atoms with Crippen molar-refractivity contribution in [3.63, 3.8) is 0 Å². The van der Waals surface area contributed by atoms with Crippen molar-refractivity contribution >= 4 is 17.5 Å². The second kappa shape index (κ2) is 8.04. The minimum Gasteiger partial charge on any atom is -0.356 e. The number of anilines is 2.